The highest BCUT2D eigenvalue weighted by molar-refractivity contribution is 6.05. The fourth-order valence-electron chi connectivity index (χ4n) is 0.994. The summed E-state index contributed by atoms with van der Waals surface area (Å²) in [6, 6.07) is 7.64. The van der Waals surface area contributed by atoms with Crippen LogP contribution in [0.1, 0.15) is 29.8 Å². The van der Waals surface area contributed by atoms with E-state index in [0.717, 1.165) is 11.5 Å². The lowest BCUT2D eigenvalue weighted by molar-refractivity contribution is 0.101. The second-order valence-corrected chi connectivity index (χ2v) is 3.20. The monoisotopic (exact) mass is 161 g/mol. The summed E-state index contributed by atoms with van der Waals surface area (Å²) in [5.74, 6) is 0.967. The number of Topliss-reactive ketones (excluding diaryl/α,β-unsaturated/α-hetero) is 1. The van der Waals surface area contributed by atoms with Gasteiger partial charge >= 0.3 is 0 Å². The Balaban J connectivity index is 2.90. The molecular formula is C11H13O. The van der Waals surface area contributed by atoms with Gasteiger partial charge in [0.25, 0.3) is 0 Å². The van der Waals surface area contributed by atoms with Gasteiger partial charge in [0.1, 0.15) is 0 Å². The molecule has 0 spiro atoms. The van der Waals surface area contributed by atoms with Crippen molar-refractivity contribution in [1.29, 1.82) is 0 Å². The van der Waals surface area contributed by atoms with Crippen molar-refractivity contribution in [2.45, 2.75) is 20.8 Å². The molecule has 0 aromatic heterocycles. The molecule has 12 heavy (non-hydrogen) atoms. The lowest BCUT2D eigenvalue weighted by atomic mass is 10.0. The summed E-state index contributed by atoms with van der Waals surface area (Å²) < 4.78 is 0. The smallest absolute Gasteiger partial charge is 0.169 e. The van der Waals surface area contributed by atoms with E-state index in [1.54, 1.807) is 0 Å². The molecule has 0 atom stereocenters. The minimum absolute atomic E-state index is 0.134. The maximum Gasteiger partial charge on any atom is 0.169 e. The molecule has 0 saturated heterocycles. The summed E-state index contributed by atoms with van der Waals surface area (Å²) >= 11 is 0. The van der Waals surface area contributed by atoms with E-state index in [1.807, 2.05) is 45.0 Å². The molecule has 1 radical (unpaired) electrons. The van der Waals surface area contributed by atoms with Crippen LogP contribution in [-0.4, -0.2) is 5.78 Å². The van der Waals surface area contributed by atoms with E-state index in [-0.39, 0.29) is 5.78 Å². The Hall–Kier alpha value is -1.11. The van der Waals surface area contributed by atoms with Crippen molar-refractivity contribution in [2.24, 2.45) is 0 Å². The molecule has 0 aliphatic heterocycles. The minimum atomic E-state index is 0.134. The number of carbonyl (C=O) groups is 1. The molecule has 0 aliphatic rings. The first kappa shape index (κ1) is 8.98. The standard InChI is InChI=1S/C11H13O/c1-8(2)11(12)10-6-4-9(3)5-7-10/h4-7H,1-3H3. The number of ketones is 1. The average molecular weight is 161 g/mol. The first-order chi connectivity index (χ1) is 5.61. The van der Waals surface area contributed by atoms with Gasteiger partial charge < -0.3 is 0 Å². The zero-order valence-electron chi connectivity index (χ0n) is 7.72. The van der Waals surface area contributed by atoms with E-state index in [1.165, 1.54) is 5.56 Å². The number of hydrogen-bond acceptors (Lipinski definition) is 1. The Morgan fingerprint density at radius 3 is 2.00 bits per heavy atom. The summed E-state index contributed by atoms with van der Waals surface area (Å²) in [5, 5.41) is 0. The van der Waals surface area contributed by atoms with Crippen LogP contribution in [0.3, 0.4) is 0 Å². The third-order valence-corrected chi connectivity index (χ3v) is 1.77. The molecule has 0 heterocycles. The van der Waals surface area contributed by atoms with Gasteiger partial charge in [-0.25, -0.2) is 0 Å². The maximum atomic E-state index is 11.4. The van der Waals surface area contributed by atoms with Gasteiger partial charge in [-0.3, -0.25) is 4.79 Å². The van der Waals surface area contributed by atoms with Gasteiger partial charge in [-0.2, -0.15) is 0 Å². The summed E-state index contributed by atoms with van der Waals surface area (Å²) in [5.41, 5.74) is 1.96. The van der Waals surface area contributed by atoms with Crippen LogP contribution < -0.4 is 0 Å². The maximum absolute atomic E-state index is 11.4. The predicted molar refractivity (Wildman–Crippen MR) is 50.1 cm³/mol. The number of aryl methyl sites for hydroxylation is 1. The fourth-order valence-corrected chi connectivity index (χ4v) is 0.994. The van der Waals surface area contributed by atoms with Crippen LogP contribution >= 0.6 is 0 Å². The highest BCUT2D eigenvalue weighted by atomic mass is 16.1. The summed E-state index contributed by atoms with van der Waals surface area (Å²) in [6.07, 6.45) is 0. The van der Waals surface area contributed by atoms with Gasteiger partial charge in [0, 0.05) is 11.5 Å². The lowest BCUT2D eigenvalue weighted by Crippen LogP contribution is -2.04. The summed E-state index contributed by atoms with van der Waals surface area (Å²) in [7, 11) is 0. The molecule has 1 nitrogen and oxygen atoms in total. The SMILES string of the molecule is C[C](C)C(=O)c1ccc(C)cc1. The normalized spacial score (nSPS) is 10.3. The van der Waals surface area contributed by atoms with Crippen molar-refractivity contribution >= 4 is 5.78 Å². The average Bonchev–Trinajstić information content (AvgIpc) is 2.04. The molecule has 0 aliphatic carbocycles. The number of carbonyl (C=O) groups excluding carboxylic acids is 1. The highest BCUT2D eigenvalue weighted by Crippen LogP contribution is 2.10. The Morgan fingerprint density at radius 1 is 1.08 bits per heavy atom. The molecule has 0 saturated carbocycles. The quantitative estimate of drug-likeness (QED) is 0.609. The van der Waals surface area contributed by atoms with Crippen molar-refractivity contribution in [3.63, 3.8) is 0 Å². The van der Waals surface area contributed by atoms with Crippen LogP contribution in [0.2, 0.25) is 0 Å². The second kappa shape index (κ2) is 3.53. The van der Waals surface area contributed by atoms with Gasteiger partial charge in [-0.15, -0.1) is 0 Å². The van der Waals surface area contributed by atoms with Gasteiger partial charge in [-0.1, -0.05) is 43.7 Å². The van der Waals surface area contributed by atoms with Crippen molar-refractivity contribution in [3.05, 3.63) is 41.3 Å². The van der Waals surface area contributed by atoms with E-state index >= 15 is 0 Å². The number of hydrogen-bond donors (Lipinski definition) is 0. The Morgan fingerprint density at radius 2 is 1.58 bits per heavy atom. The van der Waals surface area contributed by atoms with Crippen LogP contribution in [0.5, 0.6) is 0 Å². The van der Waals surface area contributed by atoms with E-state index in [4.69, 9.17) is 0 Å². The highest BCUT2D eigenvalue weighted by Gasteiger charge is 2.09. The Kier molecular flexibility index (Phi) is 2.64. The zero-order valence-corrected chi connectivity index (χ0v) is 7.72. The van der Waals surface area contributed by atoms with Gasteiger partial charge in [0.2, 0.25) is 0 Å². The molecule has 1 aromatic carbocycles. The molecule has 0 N–H and O–H groups in total. The van der Waals surface area contributed by atoms with Crippen LogP contribution in [0.25, 0.3) is 0 Å². The predicted octanol–water partition coefficient (Wildman–Crippen LogP) is 2.79. The molecule has 1 heteroatoms. The summed E-state index contributed by atoms with van der Waals surface area (Å²) in [4.78, 5) is 11.4. The molecular weight excluding hydrogens is 148 g/mol. The van der Waals surface area contributed by atoms with E-state index in [0.29, 0.717) is 0 Å². The van der Waals surface area contributed by atoms with E-state index in [2.05, 4.69) is 0 Å². The third kappa shape index (κ3) is 1.94. The fraction of sp³-hybridized carbons (Fsp3) is 0.273. The minimum Gasteiger partial charge on any atom is -0.294 e. The zero-order chi connectivity index (χ0) is 9.14. The second-order valence-electron chi connectivity index (χ2n) is 3.20. The molecule has 1 aromatic rings. The first-order valence-electron chi connectivity index (χ1n) is 4.03. The molecule has 1 rings (SSSR count). The largest absolute Gasteiger partial charge is 0.294 e. The molecule has 0 amide bonds. The Labute approximate surface area is 73.4 Å². The van der Waals surface area contributed by atoms with Gasteiger partial charge in [-0.05, 0) is 6.92 Å². The number of benzene rings is 1. The molecule has 0 bridgehead atoms. The topological polar surface area (TPSA) is 17.1 Å². The summed E-state index contributed by atoms with van der Waals surface area (Å²) in [6.45, 7) is 5.68. The van der Waals surface area contributed by atoms with E-state index in [9.17, 15) is 4.79 Å². The molecule has 63 valence electrons. The van der Waals surface area contributed by atoms with Crippen LogP contribution in [-0.2, 0) is 0 Å². The Bertz CT molecular complexity index is 270. The van der Waals surface area contributed by atoms with Crippen molar-refractivity contribution in [3.8, 4) is 0 Å². The van der Waals surface area contributed by atoms with Crippen molar-refractivity contribution in [1.82, 2.24) is 0 Å². The van der Waals surface area contributed by atoms with E-state index < -0.39 is 0 Å². The lowest BCUT2D eigenvalue weighted by Gasteiger charge is -2.02. The van der Waals surface area contributed by atoms with Crippen LogP contribution in [0.15, 0.2) is 24.3 Å². The van der Waals surface area contributed by atoms with Crippen LogP contribution in [0, 0.1) is 12.8 Å². The van der Waals surface area contributed by atoms with Crippen LogP contribution in [0.4, 0.5) is 0 Å². The molecule has 0 unspecified atom stereocenters. The van der Waals surface area contributed by atoms with Crippen molar-refractivity contribution < 1.29 is 4.79 Å². The molecule has 0 fully saturated rings. The van der Waals surface area contributed by atoms with Gasteiger partial charge in [0.15, 0.2) is 5.78 Å². The van der Waals surface area contributed by atoms with Crippen molar-refractivity contribution in [2.75, 3.05) is 0 Å². The first-order valence-corrected chi connectivity index (χ1v) is 4.03. The number of rotatable bonds is 2. The van der Waals surface area contributed by atoms with Gasteiger partial charge in [0.05, 0.1) is 0 Å². The third-order valence-electron chi connectivity index (χ3n) is 1.77.